The molecule has 0 spiro atoms. The van der Waals surface area contributed by atoms with Crippen molar-refractivity contribution in [3.05, 3.63) is 53.7 Å². The van der Waals surface area contributed by atoms with E-state index in [1.807, 2.05) is 37.3 Å². The number of rotatable bonds is 6. The lowest BCUT2D eigenvalue weighted by Crippen LogP contribution is -2.42. The second kappa shape index (κ2) is 10.2. The van der Waals surface area contributed by atoms with Crippen LogP contribution in [-0.2, 0) is 13.0 Å². The number of ether oxygens (including phenoxy) is 2. The molecule has 1 unspecified atom stereocenters. The van der Waals surface area contributed by atoms with Crippen molar-refractivity contribution in [1.82, 2.24) is 15.6 Å². The summed E-state index contributed by atoms with van der Waals surface area (Å²) in [5.74, 6) is 2.35. The van der Waals surface area contributed by atoms with Crippen LogP contribution < -0.4 is 20.1 Å². The van der Waals surface area contributed by atoms with Gasteiger partial charge in [-0.25, -0.2) is 9.98 Å². The summed E-state index contributed by atoms with van der Waals surface area (Å²) in [7, 11) is 1.62. The number of fused-ring (bicyclic) bond motifs is 1. The first-order valence-corrected chi connectivity index (χ1v) is 8.54. The summed E-state index contributed by atoms with van der Waals surface area (Å²) in [4.78, 5) is 8.82. The molecule has 0 saturated heterocycles. The third kappa shape index (κ3) is 5.23. The number of halogens is 1. The van der Waals surface area contributed by atoms with Crippen molar-refractivity contribution >= 4 is 29.9 Å². The Hall–Kier alpha value is -2.03. The number of aliphatic imine (C=N–C) groups is 1. The molecule has 1 aromatic carbocycles. The van der Waals surface area contributed by atoms with Crippen molar-refractivity contribution < 1.29 is 9.47 Å². The molecule has 7 heteroatoms. The van der Waals surface area contributed by atoms with Gasteiger partial charge in [-0.05, 0) is 24.6 Å². The molecule has 2 N–H and O–H groups in total. The lowest BCUT2D eigenvalue weighted by atomic mass is 10.1. The van der Waals surface area contributed by atoms with E-state index < -0.39 is 0 Å². The number of pyridine rings is 1. The summed E-state index contributed by atoms with van der Waals surface area (Å²) in [6, 6.07) is 12.0. The second-order valence-corrected chi connectivity index (χ2v) is 5.80. The van der Waals surface area contributed by atoms with Crippen LogP contribution in [0.15, 0.2) is 47.6 Å². The molecule has 0 aliphatic carbocycles. The molecule has 1 aliphatic heterocycles. The largest absolute Gasteiger partial charge is 0.488 e. The molecule has 2 aromatic rings. The lowest BCUT2D eigenvalue weighted by Gasteiger charge is -2.15. The monoisotopic (exact) mass is 468 g/mol. The third-order valence-electron chi connectivity index (χ3n) is 4.01. The molecule has 1 atom stereocenters. The van der Waals surface area contributed by atoms with Crippen molar-refractivity contribution in [2.75, 3.05) is 20.2 Å². The number of para-hydroxylation sites is 1. The molecule has 2 heterocycles. The predicted octanol–water partition coefficient (Wildman–Crippen LogP) is 2.77. The third-order valence-corrected chi connectivity index (χ3v) is 4.01. The number of guanidine groups is 1. The number of aromatic nitrogens is 1. The molecular formula is C19H25IN4O2. The maximum atomic E-state index is 5.96. The van der Waals surface area contributed by atoms with Gasteiger partial charge in [-0.3, -0.25) is 0 Å². The van der Waals surface area contributed by atoms with Gasteiger partial charge in [-0.15, -0.1) is 24.0 Å². The first-order chi connectivity index (χ1) is 12.3. The SMILES string of the molecule is CCNC(=NCc1cccnc1OC)NCC1Cc2ccccc2O1.I. The number of benzene rings is 1. The molecule has 0 saturated carbocycles. The van der Waals surface area contributed by atoms with Gasteiger partial charge >= 0.3 is 0 Å². The number of hydrogen-bond acceptors (Lipinski definition) is 4. The zero-order valence-corrected chi connectivity index (χ0v) is 17.4. The Morgan fingerprint density at radius 3 is 2.88 bits per heavy atom. The highest BCUT2D eigenvalue weighted by Gasteiger charge is 2.22. The lowest BCUT2D eigenvalue weighted by molar-refractivity contribution is 0.235. The van der Waals surface area contributed by atoms with E-state index in [0.717, 1.165) is 30.2 Å². The van der Waals surface area contributed by atoms with Crippen LogP contribution >= 0.6 is 24.0 Å². The molecular weight excluding hydrogens is 443 g/mol. The number of nitrogens with one attached hydrogen (secondary N) is 2. The zero-order valence-electron chi connectivity index (χ0n) is 15.1. The Morgan fingerprint density at radius 2 is 2.12 bits per heavy atom. The van der Waals surface area contributed by atoms with E-state index in [9.17, 15) is 0 Å². The molecule has 0 amide bonds. The van der Waals surface area contributed by atoms with Crippen molar-refractivity contribution in [3.8, 4) is 11.6 Å². The van der Waals surface area contributed by atoms with Crippen molar-refractivity contribution in [3.63, 3.8) is 0 Å². The summed E-state index contributed by atoms with van der Waals surface area (Å²) in [5.41, 5.74) is 2.21. The zero-order chi connectivity index (χ0) is 17.5. The summed E-state index contributed by atoms with van der Waals surface area (Å²) >= 11 is 0. The van der Waals surface area contributed by atoms with Gasteiger partial charge in [0.05, 0.1) is 20.2 Å². The van der Waals surface area contributed by atoms with Gasteiger partial charge in [0.2, 0.25) is 5.88 Å². The van der Waals surface area contributed by atoms with Gasteiger partial charge in [-0.2, -0.15) is 0 Å². The van der Waals surface area contributed by atoms with Crippen molar-refractivity contribution in [2.24, 2.45) is 4.99 Å². The van der Waals surface area contributed by atoms with Crippen LogP contribution in [0.2, 0.25) is 0 Å². The smallest absolute Gasteiger partial charge is 0.218 e. The molecule has 26 heavy (non-hydrogen) atoms. The predicted molar refractivity (Wildman–Crippen MR) is 114 cm³/mol. The highest BCUT2D eigenvalue weighted by atomic mass is 127. The maximum Gasteiger partial charge on any atom is 0.218 e. The minimum absolute atomic E-state index is 0. The highest BCUT2D eigenvalue weighted by molar-refractivity contribution is 14.0. The van der Waals surface area contributed by atoms with Crippen molar-refractivity contribution in [1.29, 1.82) is 0 Å². The Labute approximate surface area is 171 Å². The first kappa shape index (κ1) is 20.3. The molecule has 0 radical (unpaired) electrons. The van der Waals surface area contributed by atoms with E-state index in [1.54, 1.807) is 13.3 Å². The minimum atomic E-state index is 0. The first-order valence-electron chi connectivity index (χ1n) is 8.54. The molecule has 6 nitrogen and oxygen atoms in total. The fraction of sp³-hybridized carbons (Fsp3) is 0.368. The minimum Gasteiger partial charge on any atom is -0.488 e. The van der Waals surface area contributed by atoms with E-state index in [0.29, 0.717) is 19.0 Å². The molecule has 3 rings (SSSR count). The summed E-state index contributed by atoms with van der Waals surface area (Å²) in [6.07, 6.45) is 2.75. The van der Waals surface area contributed by atoms with Crippen LogP contribution in [-0.4, -0.2) is 37.2 Å². The molecule has 140 valence electrons. The van der Waals surface area contributed by atoms with Crippen LogP contribution in [0, 0.1) is 0 Å². The van der Waals surface area contributed by atoms with Crippen molar-refractivity contribution in [2.45, 2.75) is 26.0 Å². The average Bonchev–Trinajstić information content (AvgIpc) is 3.07. The maximum absolute atomic E-state index is 5.96. The molecule has 0 bridgehead atoms. The average molecular weight is 468 g/mol. The van der Waals surface area contributed by atoms with E-state index in [1.165, 1.54) is 5.56 Å². The van der Waals surface area contributed by atoms with Crippen LogP contribution in [0.4, 0.5) is 0 Å². The topological polar surface area (TPSA) is 67.8 Å². The Balaban J connectivity index is 0.00000243. The van der Waals surface area contributed by atoms with E-state index >= 15 is 0 Å². The van der Waals surface area contributed by atoms with Gasteiger partial charge < -0.3 is 20.1 Å². The fourth-order valence-electron chi connectivity index (χ4n) is 2.81. The Morgan fingerprint density at radius 1 is 1.27 bits per heavy atom. The molecule has 1 aromatic heterocycles. The second-order valence-electron chi connectivity index (χ2n) is 5.80. The standard InChI is InChI=1S/C19H24N4O2.HI/c1-3-20-19(22-12-15-8-6-10-21-18(15)24-2)23-13-16-11-14-7-4-5-9-17(14)25-16;/h4-10,16H,3,11-13H2,1-2H3,(H2,20,22,23);1H. The van der Waals surface area contributed by atoms with Gasteiger partial charge in [0, 0.05) is 24.7 Å². The van der Waals surface area contributed by atoms with Crippen LogP contribution in [0.1, 0.15) is 18.1 Å². The van der Waals surface area contributed by atoms with Gasteiger partial charge in [0.25, 0.3) is 0 Å². The van der Waals surface area contributed by atoms with Crippen LogP contribution in [0.3, 0.4) is 0 Å². The fourth-order valence-corrected chi connectivity index (χ4v) is 2.81. The van der Waals surface area contributed by atoms with E-state index in [4.69, 9.17) is 9.47 Å². The van der Waals surface area contributed by atoms with Gasteiger partial charge in [0.15, 0.2) is 5.96 Å². The number of hydrogen-bond donors (Lipinski definition) is 2. The quantitative estimate of drug-likeness (QED) is 0.388. The molecule has 1 aliphatic rings. The van der Waals surface area contributed by atoms with E-state index in [2.05, 4.69) is 26.7 Å². The Bertz CT molecular complexity index is 714. The summed E-state index contributed by atoms with van der Waals surface area (Å²) in [6.45, 7) is 4.04. The normalized spacial score (nSPS) is 15.5. The van der Waals surface area contributed by atoms with E-state index in [-0.39, 0.29) is 30.1 Å². The summed E-state index contributed by atoms with van der Waals surface area (Å²) < 4.78 is 11.2. The van der Waals surface area contributed by atoms with Gasteiger partial charge in [-0.1, -0.05) is 24.3 Å². The van der Waals surface area contributed by atoms with Crippen LogP contribution in [0.5, 0.6) is 11.6 Å². The highest BCUT2D eigenvalue weighted by Crippen LogP contribution is 2.27. The molecule has 0 fully saturated rings. The summed E-state index contributed by atoms with van der Waals surface area (Å²) in [5, 5.41) is 6.62. The number of methoxy groups -OCH3 is 1. The number of nitrogens with zero attached hydrogens (tertiary/aromatic N) is 2. The van der Waals surface area contributed by atoms with Gasteiger partial charge in [0.1, 0.15) is 11.9 Å². The Kier molecular flexibility index (Phi) is 7.96. The van der Waals surface area contributed by atoms with Crippen LogP contribution in [0.25, 0.3) is 0 Å².